The van der Waals surface area contributed by atoms with Crippen LogP contribution in [0.4, 0.5) is 0 Å². The molecule has 0 radical (unpaired) electrons. The summed E-state index contributed by atoms with van der Waals surface area (Å²) in [6.07, 6.45) is 3.36. The summed E-state index contributed by atoms with van der Waals surface area (Å²) in [7, 11) is 0. The van der Waals surface area contributed by atoms with E-state index in [1.807, 2.05) is 13.8 Å². The molecule has 2 unspecified atom stereocenters. The van der Waals surface area contributed by atoms with Gasteiger partial charge in [-0.25, -0.2) is 0 Å². The maximum absolute atomic E-state index is 9.89. The van der Waals surface area contributed by atoms with Gasteiger partial charge in [-0.3, -0.25) is 0 Å². The van der Waals surface area contributed by atoms with Crippen LogP contribution in [0, 0.1) is 0 Å². The number of allylic oxidation sites excluding steroid dienone is 1. The van der Waals surface area contributed by atoms with Gasteiger partial charge in [-0.1, -0.05) is 5.57 Å². The normalized spacial score (nSPS) is 30.4. The number of hydrogen-bond acceptors (Lipinski definition) is 2. The Bertz CT molecular complexity index is 181. The van der Waals surface area contributed by atoms with Crippen molar-refractivity contribution in [1.82, 2.24) is 0 Å². The lowest BCUT2D eigenvalue weighted by atomic mass is 9.91. The topological polar surface area (TPSA) is 29.5 Å². The van der Waals surface area contributed by atoms with Gasteiger partial charge >= 0.3 is 0 Å². The summed E-state index contributed by atoms with van der Waals surface area (Å²) in [6.45, 7) is 8.61. The second-order valence-corrected chi connectivity index (χ2v) is 4.28. The Morgan fingerprint density at radius 1 is 1.69 bits per heavy atom. The van der Waals surface area contributed by atoms with Gasteiger partial charge in [0.05, 0.1) is 11.7 Å². The minimum Gasteiger partial charge on any atom is -0.390 e. The van der Waals surface area contributed by atoms with Crippen molar-refractivity contribution in [3.05, 3.63) is 12.2 Å². The van der Waals surface area contributed by atoms with E-state index in [1.54, 1.807) is 0 Å². The Morgan fingerprint density at radius 3 is 2.85 bits per heavy atom. The summed E-state index contributed by atoms with van der Waals surface area (Å²) in [5.41, 5.74) is 0.829. The molecule has 2 nitrogen and oxygen atoms in total. The molecular formula is C11H20O2. The van der Waals surface area contributed by atoms with Gasteiger partial charge in [0.1, 0.15) is 0 Å². The zero-order chi connectivity index (χ0) is 9.90. The molecule has 1 saturated heterocycles. The molecule has 0 amide bonds. The SMILES string of the molecule is C=C(C)CCC(O)C1(C)CCCO1. The smallest absolute Gasteiger partial charge is 0.0913 e. The van der Waals surface area contributed by atoms with Gasteiger partial charge < -0.3 is 9.84 Å². The fourth-order valence-electron chi connectivity index (χ4n) is 1.75. The van der Waals surface area contributed by atoms with Crippen LogP contribution in [0.3, 0.4) is 0 Å². The van der Waals surface area contributed by atoms with Crippen molar-refractivity contribution in [2.75, 3.05) is 6.61 Å². The molecule has 0 saturated carbocycles. The van der Waals surface area contributed by atoms with E-state index in [0.29, 0.717) is 0 Å². The lowest BCUT2D eigenvalue weighted by molar-refractivity contribution is -0.0800. The van der Waals surface area contributed by atoms with E-state index in [4.69, 9.17) is 4.74 Å². The van der Waals surface area contributed by atoms with E-state index >= 15 is 0 Å². The first kappa shape index (κ1) is 10.7. The summed E-state index contributed by atoms with van der Waals surface area (Å²) in [5.74, 6) is 0. The quantitative estimate of drug-likeness (QED) is 0.679. The Labute approximate surface area is 80.6 Å². The lowest BCUT2D eigenvalue weighted by Gasteiger charge is -2.29. The molecule has 0 spiro atoms. The Balaban J connectivity index is 2.37. The Hall–Kier alpha value is -0.340. The summed E-state index contributed by atoms with van der Waals surface area (Å²) >= 11 is 0. The van der Waals surface area contributed by atoms with Crippen LogP contribution in [-0.4, -0.2) is 23.4 Å². The predicted octanol–water partition coefficient (Wildman–Crippen LogP) is 2.27. The van der Waals surface area contributed by atoms with Crippen molar-refractivity contribution in [2.45, 2.75) is 51.2 Å². The Kier molecular flexibility index (Phi) is 3.51. The lowest BCUT2D eigenvalue weighted by Crippen LogP contribution is -2.38. The van der Waals surface area contributed by atoms with Crippen LogP contribution in [0.25, 0.3) is 0 Å². The van der Waals surface area contributed by atoms with Crippen molar-refractivity contribution in [3.8, 4) is 0 Å². The minimum absolute atomic E-state index is 0.296. The van der Waals surface area contributed by atoms with Gasteiger partial charge in [0.2, 0.25) is 0 Å². The third-order valence-electron chi connectivity index (χ3n) is 2.80. The molecule has 1 rings (SSSR count). The first-order valence-corrected chi connectivity index (χ1v) is 5.01. The molecule has 1 N–H and O–H groups in total. The highest BCUT2D eigenvalue weighted by atomic mass is 16.5. The van der Waals surface area contributed by atoms with E-state index in [2.05, 4.69) is 6.58 Å². The monoisotopic (exact) mass is 184 g/mol. The molecule has 0 aromatic rings. The molecule has 2 atom stereocenters. The van der Waals surface area contributed by atoms with Gasteiger partial charge in [-0.2, -0.15) is 0 Å². The average molecular weight is 184 g/mol. The van der Waals surface area contributed by atoms with Crippen LogP contribution in [0.1, 0.15) is 39.5 Å². The fraction of sp³-hybridized carbons (Fsp3) is 0.818. The molecule has 0 aromatic heterocycles. The highest BCUT2D eigenvalue weighted by molar-refractivity contribution is 4.93. The van der Waals surface area contributed by atoms with Gasteiger partial charge in [-0.05, 0) is 39.5 Å². The minimum atomic E-state index is -0.341. The van der Waals surface area contributed by atoms with Crippen LogP contribution in [0.15, 0.2) is 12.2 Å². The summed E-state index contributed by atoms with van der Waals surface area (Å²) < 4.78 is 5.55. The largest absolute Gasteiger partial charge is 0.390 e. The Morgan fingerprint density at radius 2 is 2.38 bits per heavy atom. The van der Waals surface area contributed by atoms with E-state index in [1.165, 1.54) is 0 Å². The van der Waals surface area contributed by atoms with Crippen molar-refractivity contribution in [1.29, 1.82) is 0 Å². The summed E-state index contributed by atoms with van der Waals surface area (Å²) in [6, 6.07) is 0. The number of ether oxygens (including phenoxy) is 1. The van der Waals surface area contributed by atoms with Crippen LogP contribution in [-0.2, 0) is 4.74 Å². The summed E-state index contributed by atoms with van der Waals surface area (Å²) in [5, 5.41) is 9.89. The van der Waals surface area contributed by atoms with Crippen molar-refractivity contribution in [3.63, 3.8) is 0 Å². The van der Waals surface area contributed by atoms with E-state index in [-0.39, 0.29) is 11.7 Å². The molecular weight excluding hydrogens is 164 g/mol. The fourth-order valence-corrected chi connectivity index (χ4v) is 1.75. The number of hydrogen-bond donors (Lipinski definition) is 1. The third-order valence-corrected chi connectivity index (χ3v) is 2.80. The highest BCUT2D eigenvalue weighted by Gasteiger charge is 2.36. The van der Waals surface area contributed by atoms with Gasteiger partial charge in [-0.15, -0.1) is 6.58 Å². The maximum Gasteiger partial charge on any atom is 0.0913 e. The van der Waals surface area contributed by atoms with Gasteiger partial charge in [0.25, 0.3) is 0 Å². The number of aliphatic hydroxyl groups excluding tert-OH is 1. The second kappa shape index (κ2) is 4.25. The molecule has 1 heterocycles. The van der Waals surface area contributed by atoms with Crippen molar-refractivity contribution in [2.24, 2.45) is 0 Å². The van der Waals surface area contributed by atoms with Crippen LogP contribution < -0.4 is 0 Å². The zero-order valence-electron chi connectivity index (χ0n) is 8.68. The van der Waals surface area contributed by atoms with Crippen LogP contribution >= 0.6 is 0 Å². The standard InChI is InChI=1S/C11H20O2/c1-9(2)5-6-10(12)11(3)7-4-8-13-11/h10,12H,1,4-8H2,2-3H3. The molecule has 0 aliphatic carbocycles. The molecule has 76 valence electrons. The van der Waals surface area contributed by atoms with E-state index in [0.717, 1.165) is 37.9 Å². The van der Waals surface area contributed by atoms with Crippen molar-refractivity contribution >= 4 is 0 Å². The van der Waals surface area contributed by atoms with Gasteiger partial charge in [0.15, 0.2) is 0 Å². The predicted molar refractivity (Wildman–Crippen MR) is 53.6 cm³/mol. The molecule has 1 aliphatic heterocycles. The average Bonchev–Trinajstić information content (AvgIpc) is 2.49. The molecule has 13 heavy (non-hydrogen) atoms. The maximum atomic E-state index is 9.89. The molecule has 1 fully saturated rings. The number of aliphatic hydroxyl groups is 1. The summed E-state index contributed by atoms with van der Waals surface area (Å²) in [4.78, 5) is 0. The third kappa shape index (κ3) is 2.82. The second-order valence-electron chi connectivity index (χ2n) is 4.28. The highest BCUT2D eigenvalue weighted by Crippen LogP contribution is 2.30. The van der Waals surface area contributed by atoms with Gasteiger partial charge in [0, 0.05) is 6.61 Å². The van der Waals surface area contributed by atoms with Crippen LogP contribution in [0.5, 0.6) is 0 Å². The molecule has 0 aromatic carbocycles. The molecule has 0 bridgehead atoms. The molecule has 1 aliphatic rings. The van der Waals surface area contributed by atoms with E-state index in [9.17, 15) is 5.11 Å². The first-order valence-electron chi connectivity index (χ1n) is 5.01. The first-order chi connectivity index (χ1) is 6.04. The zero-order valence-corrected chi connectivity index (χ0v) is 8.68. The van der Waals surface area contributed by atoms with Crippen molar-refractivity contribution < 1.29 is 9.84 Å². The van der Waals surface area contributed by atoms with Crippen LogP contribution in [0.2, 0.25) is 0 Å². The molecule has 2 heteroatoms. The number of rotatable bonds is 4. The van der Waals surface area contributed by atoms with E-state index < -0.39 is 0 Å².